The van der Waals surface area contributed by atoms with Crippen molar-refractivity contribution in [2.75, 3.05) is 25.5 Å². The maximum atomic E-state index is 16.3. The Balaban J connectivity index is 0.994. The van der Waals surface area contributed by atoms with Gasteiger partial charge in [0.05, 0.1) is 51.4 Å². The highest BCUT2D eigenvalue weighted by Gasteiger charge is 2.52. The number of aromatic nitrogens is 2. The molecule has 0 saturated carbocycles. The molecule has 7 aliphatic rings. The average molecular weight is 1840 g/mol. The Labute approximate surface area is 741 Å². The van der Waals surface area contributed by atoms with Gasteiger partial charge < -0.3 is 134 Å². The number of phenols is 3. The maximum absolute atomic E-state index is 16.3. The average Bonchev–Trinajstić information content (AvgIpc) is 0.767. The van der Waals surface area contributed by atoms with Crippen molar-refractivity contribution in [2.45, 2.75) is 163 Å². The number of aromatic hydroxyl groups is 3. The molecule has 2 fully saturated rings. The smallest absolute Gasteiger partial charge is 0.349 e. The van der Waals surface area contributed by atoms with Gasteiger partial charge in [0.25, 0.3) is 5.91 Å². The summed E-state index contributed by atoms with van der Waals surface area (Å²) in [6.45, 7) is 5.53. The van der Waals surface area contributed by atoms with Gasteiger partial charge in [-0.1, -0.05) is 84.5 Å². The number of hydrogen-bond acceptors (Lipinski definition) is 29. The number of hydrogen-bond donors (Lipinski definition) is 23. The Morgan fingerprint density at radius 3 is 1.99 bits per heavy atom. The molecule has 11 bridgehead atoms. The summed E-state index contributed by atoms with van der Waals surface area (Å²) < 4.78 is 40.6. The lowest BCUT2D eigenvalue weighted by molar-refractivity contribution is -0.334. The number of primary amides is 1. The van der Waals surface area contributed by atoms with E-state index >= 15 is 24.0 Å². The van der Waals surface area contributed by atoms with Crippen LogP contribution in [-0.2, 0) is 63.9 Å². The minimum atomic E-state index is -2.41. The second-order valence-electron chi connectivity index (χ2n) is 31.0. The molecule has 0 radical (unpaired) electrons. The van der Waals surface area contributed by atoms with E-state index < -0.39 is 265 Å². The van der Waals surface area contributed by atoms with Crippen molar-refractivity contribution < 1.29 is 118 Å². The Morgan fingerprint density at radius 1 is 0.709 bits per heavy atom. The number of carbonyl (C=O) groups is 9. The van der Waals surface area contributed by atoms with Crippen LogP contribution < -0.4 is 90.1 Å². The van der Waals surface area contributed by atoms with Crippen LogP contribution in [0, 0.1) is 11.3 Å². The molecular formula is C82H90Cl4N16O25. The van der Waals surface area contributed by atoms with Crippen molar-refractivity contribution in [1.29, 1.82) is 5.41 Å². The van der Waals surface area contributed by atoms with Crippen molar-refractivity contribution in [2.24, 2.45) is 17.4 Å². The number of phenolic OH excluding ortho intramolecular Hbond substituents is 3. The Hall–Kier alpha value is -12.0. The third kappa shape index (κ3) is 21.6. The molecule has 0 aliphatic carbocycles. The first-order valence-corrected chi connectivity index (χ1v) is 40.8. The van der Waals surface area contributed by atoms with Crippen molar-refractivity contribution in [3.05, 3.63) is 179 Å². The number of amides is 9. The van der Waals surface area contributed by atoms with E-state index in [1.54, 1.807) is 39.0 Å². The minimum Gasteiger partial charge on any atom is -0.508 e. The SMILES string of the molecule is CN[C@H](CC(C)C)C(=O)N[C@H]1C(=O)N[C@@H](CC(N)=O)C(=O)N[C@H]2C(=O)N[C@H]3C(=O)N[C@H](C(=O)N[C@@H](C(=O)NNC(=N)N)c4cc(O)cc(O)c4-c4cc3ccc4O)[C@H](O)c3ccc(c(Cl)c3)Oc3cc2cc(c3O[C@@H]2O[C@H](CO)[C@@H](O)[C@H](O)[C@H]2O[C@H]2C[C@](C)(NCCn3ccc(NC(=O)C=Cc4ccc(Cl)c(Cl)c4)nc3=O)[C@H](O)[C@H](C)O2)Oc2ccc(cc2Cl)[C@H]1O. The molecule has 0 spiro atoms. The van der Waals surface area contributed by atoms with Crippen LogP contribution in [0.3, 0.4) is 0 Å². The fraction of sp³-hybridized carbons (Fsp3) is 0.366. The van der Waals surface area contributed by atoms with Gasteiger partial charge in [-0.2, -0.15) is 4.98 Å². The van der Waals surface area contributed by atoms with Gasteiger partial charge in [0.1, 0.15) is 101 Å². The molecule has 0 unspecified atom stereocenters. The summed E-state index contributed by atoms with van der Waals surface area (Å²) in [5.41, 5.74) is 10.9. The van der Waals surface area contributed by atoms with Gasteiger partial charge in [0, 0.05) is 54.5 Å². The molecule has 8 heterocycles. The molecule has 6 aromatic carbocycles. The topological polar surface area (TPSA) is 634 Å². The lowest BCUT2D eigenvalue weighted by atomic mass is 9.85. The van der Waals surface area contributed by atoms with Gasteiger partial charge in [-0.15, -0.1) is 0 Å². The summed E-state index contributed by atoms with van der Waals surface area (Å²) in [7, 11) is 1.46. The monoisotopic (exact) mass is 1840 g/mol. The second kappa shape index (κ2) is 39.9. The molecule has 41 nitrogen and oxygen atoms in total. The molecule has 2 saturated heterocycles. The zero-order chi connectivity index (χ0) is 92.1. The van der Waals surface area contributed by atoms with Crippen LogP contribution in [0.15, 0.2) is 120 Å². The lowest BCUT2D eigenvalue weighted by Crippen LogP contribution is -2.65. The number of fused-ring (bicyclic) bond motifs is 15. The number of anilines is 1. The summed E-state index contributed by atoms with van der Waals surface area (Å²) >= 11 is 26.5. The van der Waals surface area contributed by atoms with Crippen LogP contribution in [0.5, 0.6) is 46.0 Å². The number of nitrogens with zero attached hydrogens (tertiary/aromatic N) is 2. The molecule has 676 valence electrons. The molecular weight excluding hydrogens is 1750 g/mol. The second-order valence-corrected chi connectivity index (χ2v) is 32.7. The van der Waals surface area contributed by atoms with Crippen molar-refractivity contribution >= 4 is 117 Å². The highest BCUT2D eigenvalue weighted by molar-refractivity contribution is 6.42. The number of halogens is 4. The van der Waals surface area contributed by atoms with Gasteiger partial charge >= 0.3 is 5.69 Å². The largest absolute Gasteiger partial charge is 0.508 e. The molecule has 7 aromatic rings. The van der Waals surface area contributed by atoms with Gasteiger partial charge in [-0.05, 0) is 145 Å². The number of carbonyl (C=O) groups excluding carboxylic acids is 9. The standard InChI is InChI=1S/C82H90Cl4N16O25/c1-32(2)20-46(90-5)72(114)98-63-65(109)36-9-13-50(44(85)23-36)123-52-25-38-26-53(69(52)127-79-70(68(112)67(111)54(31-103)125-79)126-58-30-82(4,71(113)33(3)122-58)91-17-19-102-18-16-56(94-81(102)121)93-57(108)15-7-34-6-11-42(83)43(84)21-34)124-51-14-10-37(24-45(51)86)66(110)64-77(119)97-62(78(120)100-101-80(88)89)41-27-39(104)28-49(106)59(41)40-22-35(8-12-48(40)105)60(74(116)99-64)96-75(117)61(38)95-73(115)47(29-55(87)107)92-76(63)118/h6-16,18,21-28,32-33,46-47,54,58,60-68,70-71,79,90-91,103-106,109-113H,17,19-20,29-31H2,1-5H3,(H2,87,107)(H,92,118)(H,95,115)(H,96,117)(H,97,119)(H,98,114)(H,99,116)(H,100,120)(H4,88,89,101)(H,93,94,108,121)/t33-,46+,47-,54+,58-,60+,61+,62+,63+,64-,65+,66+,67+,68-,70+,71+,79-,82-/m0/s1. The third-order valence-electron chi connectivity index (χ3n) is 21.4. The number of hydrazine groups is 1. The minimum absolute atomic E-state index is 0.0511. The highest BCUT2D eigenvalue weighted by atomic mass is 35.5. The van der Waals surface area contributed by atoms with Crippen LogP contribution in [0.25, 0.3) is 17.2 Å². The van der Waals surface area contributed by atoms with Crippen LogP contribution in [0.1, 0.15) is 111 Å². The van der Waals surface area contributed by atoms with E-state index in [4.69, 9.17) is 91.7 Å². The lowest BCUT2D eigenvalue weighted by Gasteiger charge is -2.48. The van der Waals surface area contributed by atoms with Gasteiger partial charge in [-0.25, -0.2) is 4.79 Å². The van der Waals surface area contributed by atoms with E-state index in [9.17, 15) is 69.9 Å². The third-order valence-corrected chi connectivity index (χ3v) is 22.8. The van der Waals surface area contributed by atoms with E-state index in [0.29, 0.717) is 10.6 Å². The first-order chi connectivity index (χ1) is 60.2. The van der Waals surface area contributed by atoms with Crippen LogP contribution in [0.4, 0.5) is 5.82 Å². The Morgan fingerprint density at radius 2 is 1.36 bits per heavy atom. The molecule has 9 amide bonds. The first-order valence-electron chi connectivity index (χ1n) is 39.3. The van der Waals surface area contributed by atoms with Gasteiger partial charge in [0.2, 0.25) is 65.3 Å². The van der Waals surface area contributed by atoms with Crippen LogP contribution in [0.2, 0.25) is 20.1 Å². The fourth-order valence-electron chi connectivity index (χ4n) is 14.9. The number of nitrogens with two attached hydrogens (primary N) is 2. The Kier molecular flexibility index (Phi) is 29.5. The van der Waals surface area contributed by atoms with Gasteiger partial charge in [-0.3, -0.25) is 64.0 Å². The van der Waals surface area contributed by atoms with Crippen molar-refractivity contribution in [3.63, 3.8) is 0 Å². The maximum Gasteiger partial charge on any atom is 0.349 e. The molecule has 25 N–H and O–H groups in total. The van der Waals surface area contributed by atoms with E-state index in [0.717, 1.165) is 66.7 Å². The normalized spacial score (nSPS) is 25.7. The van der Waals surface area contributed by atoms with Gasteiger partial charge in [0.15, 0.2) is 23.9 Å². The molecule has 1 aromatic heterocycles. The van der Waals surface area contributed by atoms with E-state index in [-0.39, 0.29) is 59.4 Å². The first kappa shape index (κ1) is 94.1. The predicted molar refractivity (Wildman–Crippen MR) is 451 cm³/mol. The molecule has 18 atom stereocenters. The van der Waals surface area contributed by atoms with Crippen molar-refractivity contribution in [3.8, 4) is 57.1 Å². The molecule has 7 aliphatic heterocycles. The summed E-state index contributed by atoms with van der Waals surface area (Å²) in [5.74, 6) is -17.5. The number of aliphatic hydroxyl groups is 6. The van der Waals surface area contributed by atoms with E-state index in [1.165, 1.54) is 55.1 Å². The summed E-state index contributed by atoms with van der Waals surface area (Å²) in [6.07, 6.45) is -15.7. The predicted octanol–water partition coefficient (Wildman–Crippen LogP) is 1.38. The Bertz CT molecular complexity index is 5540. The number of aliphatic hydroxyl groups excluding tert-OH is 6. The van der Waals surface area contributed by atoms with E-state index in [1.807, 2.05) is 0 Å². The van der Waals surface area contributed by atoms with Crippen molar-refractivity contribution in [1.82, 2.24) is 62.9 Å². The summed E-state index contributed by atoms with van der Waals surface area (Å²) in [6, 6.07) is 5.14. The summed E-state index contributed by atoms with van der Waals surface area (Å²) in [5, 5.41) is 137. The highest BCUT2D eigenvalue weighted by Crippen LogP contribution is 2.50. The number of ether oxygens (including phenoxy) is 6. The molecule has 127 heavy (non-hydrogen) atoms. The summed E-state index contributed by atoms with van der Waals surface area (Å²) in [4.78, 5) is 150. The van der Waals surface area contributed by atoms with Crippen LogP contribution in [-0.4, -0.2) is 214 Å². The number of benzene rings is 6. The molecule has 14 rings (SSSR count). The quantitative estimate of drug-likeness (QED) is 0.0222. The number of nitrogens with one attached hydrogen (secondary N) is 12. The molecule has 45 heteroatoms. The number of guanidine groups is 1. The van der Waals surface area contributed by atoms with Crippen LogP contribution >= 0.6 is 46.4 Å². The fourth-order valence-corrected chi connectivity index (χ4v) is 15.7. The van der Waals surface area contributed by atoms with E-state index in [2.05, 4.69) is 63.7 Å². The number of likely N-dealkylation sites (N-methyl/N-ethyl adjacent to an activating group) is 1. The number of rotatable bonds is 20. The zero-order valence-corrected chi connectivity index (χ0v) is 70.8. The zero-order valence-electron chi connectivity index (χ0n) is 67.8.